The molecule has 0 bridgehead atoms. The van der Waals surface area contributed by atoms with Crippen LogP contribution in [0.15, 0.2) is 15.9 Å². The molecular weight excluding hydrogens is 272 g/mol. The molecule has 2 rings (SSSR count). The van der Waals surface area contributed by atoms with Crippen LogP contribution in [-0.2, 0) is 11.2 Å². The van der Waals surface area contributed by atoms with Gasteiger partial charge in [-0.05, 0) is 33.3 Å². The maximum absolute atomic E-state index is 11.8. The Morgan fingerprint density at radius 1 is 1.47 bits per heavy atom. The fourth-order valence-corrected chi connectivity index (χ4v) is 3.76. The highest BCUT2D eigenvalue weighted by Crippen LogP contribution is 2.29. The standard InChI is InChI=1S/C12H15BrOS/c13-11-5-6-15-12(11)8-10(14)7-9-3-1-2-4-9/h5-6,9H,1-4,7-8H2. The first-order chi connectivity index (χ1) is 7.25. The second-order valence-corrected chi connectivity index (χ2v) is 6.12. The number of thiophene rings is 1. The van der Waals surface area contributed by atoms with Crippen LogP contribution >= 0.6 is 27.3 Å². The van der Waals surface area contributed by atoms with E-state index in [1.165, 1.54) is 30.6 Å². The summed E-state index contributed by atoms with van der Waals surface area (Å²) in [5.41, 5.74) is 0. The third-order valence-corrected chi connectivity index (χ3v) is 4.97. The summed E-state index contributed by atoms with van der Waals surface area (Å²) in [7, 11) is 0. The highest BCUT2D eigenvalue weighted by molar-refractivity contribution is 9.10. The second-order valence-electron chi connectivity index (χ2n) is 4.26. The Labute approximate surface area is 103 Å². The van der Waals surface area contributed by atoms with Gasteiger partial charge in [-0.25, -0.2) is 0 Å². The Balaban J connectivity index is 1.84. The van der Waals surface area contributed by atoms with Gasteiger partial charge in [-0.2, -0.15) is 0 Å². The summed E-state index contributed by atoms with van der Waals surface area (Å²) in [6.07, 6.45) is 6.58. The summed E-state index contributed by atoms with van der Waals surface area (Å²) < 4.78 is 1.09. The van der Waals surface area contributed by atoms with E-state index >= 15 is 0 Å². The SMILES string of the molecule is O=C(Cc1sccc1Br)CC1CCCC1. The first-order valence-electron chi connectivity index (χ1n) is 5.49. The zero-order valence-corrected chi connectivity index (χ0v) is 11.1. The van der Waals surface area contributed by atoms with E-state index in [0.29, 0.717) is 18.1 Å². The molecule has 0 aliphatic heterocycles. The number of hydrogen-bond donors (Lipinski definition) is 0. The molecule has 1 aromatic rings. The van der Waals surface area contributed by atoms with Gasteiger partial charge in [-0.3, -0.25) is 4.79 Å². The third kappa shape index (κ3) is 3.15. The van der Waals surface area contributed by atoms with E-state index in [-0.39, 0.29) is 0 Å². The van der Waals surface area contributed by atoms with E-state index in [4.69, 9.17) is 0 Å². The van der Waals surface area contributed by atoms with Crippen molar-refractivity contribution < 1.29 is 4.79 Å². The van der Waals surface area contributed by atoms with Crippen molar-refractivity contribution in [2.45, 2.75) is 38.5 Å². The van der Waals surface area contributed by atoms with E-state index in [1.807, 2.05) is 11.4 Å². The van der Waals surface area contributed by atoms with Gasteiger partial charge < -0.3 is 0 Å². The lowest BCUT2D eigenvalue weighted by Gasteiger charge is -2.06. The van der Waals surface area contributed by atoms with E-state index in [2.05, 4.69) is 15.9 Å². The van der Waals surface area contributed by atoms with Crippen LogP contribution in [0.1, 0.15) is 37.0 Å². The Bertz CT molecular complexity index is 339. The minimum absolute atomic E-state index is 0.407. The molecule has 1 aliphatic carbocycles. The lowest BCUT2D eigenvalue weighted by Crippen LogP contribution is -2.07. The summed E-state index contributed by atoms with van der Waals surface area (Å²) >= 11 is 5.13. The van der Waals surface area contributed by atoms with Crippen LogP contribution in [0.25, 0.3) is 0 Å². The zero-order valence-electron chi connectivity index (χ0n) is 8.67. The van der Waals surface area contributed by atoms with Crippen molar-refractivity contribution in [2.24, 2.45) is 5.92 Å². The van der Waals surface area contributed by atoms with Crippen LogP contribution in [0.4, 0.5) is 0 Å². The molecule has 82 valence electrons. The van der Waals surface area contributed by atoms with Gasteiger partial charge in [0, 0.05) is 22.2 Å². The monoisotopic (exact) mass is 286 g/mol. The molecule has 15 heavy (non-hydrogen) atoms. The molecule has 3 heteroatoms. The molecule has 1 fully saturated rings. The Morgan fingerprint density at radius 2 is 2.20 bits per heavy atom. The number of ketones is 1. The molecule has 0 amide bonds. The molecule has 0 aromatic carbocycles. The number of hydrogen-bond acceptors (Lipinski definition) is 2. The number of halogens is 1. The average Bonchev–Trinajstić information content (AvgIpc) is 2.79. The fourth-order valence-electron chi connectivity index (χ4n) is 2.24. The van der Waals surface area contributed by atoms with Gasteiger partial charge in [0.15, 0.2) is 0 Å². The van der Waals surface area contributed by atoms with Crippen molar-refractivity contribution >= 4 is 33.0 Å². The van der Waals surface area contributed by atoms with Crippen LogP contribution in [0.3, 0.4) is 0 Å². The molecule has 1 aromatic heterocycles. The predicted molar refractivity (Wildman–Crippen MR) is 67.3 cm³/mol. The van der Waals surface area contributed by atoms with Crippen LogP contribution in [-0.4, -0.2) is 5.78 Å². The molecule has 0 atom stereocenters. The number of carbonyl (C=O) groups excluding carboxylic acids is 1. The van der Waals surface area contributed by atoms with Gasteiger partial charge >= 0.3 is 0 Å². The number of carbonyl (C=O) groups is 1. The van der Waals surface area contributed by atoms with Crippen molar-refractivity contribution in [3.63, 3.8) is 0 Å². The molecular formula is C12H15BrOS. The minimum Gasteiger partial charge on any atom is -0.299 e. The van der Waals surface area contributed by atoms with E-state index < -0.39 is 0 Å². The first kappa shape index (κ1) is 11.3. The zero-order chi connectivity index (χ0) is 10.7. The second kappa shape index (κ2) is 5.26. The summed E-state index contributed by atoms with van der Waals surface area (Å²) in [5, 5.41) is 2.03. The van der Waals surface area contributed by atoms with E-state index in [0.717, 1.165) is 10.9 Å². The van der Waals surface area contributed by atoms with Gasteiger partial charge in [0.25, 0.3) is 0 Å². The van der Waals surface area contributed by atoms with Gasteiger partial charge in [-0.15, -0.1) is 11.3 Å². The maximum Gasteiger partial charge on any atom is 0.138 e. The van der Waals surface area contributed by atoms with Crippen molar-refractivity contribution in [3.05, 3.63) is 20.8 Å². The van der Waals surface area contributed by atoms with Crippen molar-refractivity contribution in [3.8, 4) is 0 Å². The highest BCUT2D eigenvalue weighted by Gasteiger charge is 2.19. The number of Topliss-reactive ketones (excluding diaryl/α,β-unsaturated/α-hetero) is 1. The Hall–Kier alpha value is -0.150. The molecule has 0 spiro atoms. The quantitative estimate of drug-likeness (QED) is 0.811. The Morgan fingerprint density at radius 3 is 2.80 bits per heavy atom. The van der Waals surface area contributed by atoms with Crippen molar-refractivity contribution in [2.75, 3.05) is 0 Å². The van der Waals surface area contributed by atoms with Gasteiger partial charge in [0.2, 0.25) is 0 Å². The summed E-state index contributed by atoms with van der Waals surface area (Å²) in [6, 6.07) is 2.02. The molecule has 0 radical (unpaired) electrons. The summed E-state index contributed by atoms with van der Waals surface area (Å²) in [6.45, 7) is 0. The molecule has 1 aliphatic rings. The lowest BCUT2D eigenvalue weighted by atomic mass is 9.99. The molecule has 0 unspecified atom stereocenters. The Kier molecular flexibility index (Phi) is 3.98. The van der Waals surface area contributed by atoms with Crippen LogP contribution < -0.4 is 0 Å². The molecule has 0 N–H and O–H groups in total. The van der Waals surface area contributed by atoms with Crippen molar-refractivity contribution in [1.82, 2.24) is 0 Å². The average molecular weight is 287 g/mol. The van der Waals surface area contributed by atoms with Crippen LogP contribution in [0.2, 0.25) is 0 Å². The molecule has 0 saturated heterocycles. The van der Waals surface area contributed by atoms with Crippen LogP contribution in [0, 0.1) is 5.92 Å². The van der Waals surface area contributed by atoms with Crippen LogP contribution in [0.5, 0.6) is 0 Å². The first-order valence-corrected chi connectivity index (χ1v) is 7.16. The van der Waals surface area contributed by atoms with E-state index in [1.54, 1.807) is 11.3 Å². The van der Waals surface area contributed by atoms with Gasteiger partial charge in [-0.1, -0.05) is 25.7 Å². The smallest absolute Gasteiger partial charge is 0.138 e. The topological polar surface area (TPSA) is 17.1 Å². The lowest BCUT2D eigenvalue weighted by molar-refractivity contribution is -0.119. The summed E-state index contributed by atoms with van der Waals surface area (Å²) in [5.74, 6) is 1.08. The molecule has 1 nitrogen and oxygen atoms in total. The summed E-state index contributed by atoms with van der Waals surface area (Å²) in [4.78, 5) is 13.0. The molecule has 1 heterocycles. The van der Waals surface area contributed by atoms with E-state index in [9.17, 15) is 4.79 Å². The van der Waals surface area contributed by atoms with Crippen molar-refractivity contribution in [1.29, 1.82) is 0 Å². The predicted octanol–water partition coefficient (Wildman–Crippen LogP) is 4.20. The normalized spacial score (nSPS) is 17.1. The number of rotatable bonds is 4. The van der Waals surface area contributed by atoms with Gasteiger partial charge in [0.1, 0.15) is 5.78 Å². The van der Waals surface area contributed by atoms with Gasteiger partial charge in [0.05, 0.1) is 0 Å². The largest absolute Gasteiger partial charge is 0.299 e. The molecule has 1 saturated carbocycles. The maximum atomic E-state index is 11.8. The highest BCUT2D eigenvalue weighted by atomic mass is 79.9. The minimum atomic E-state index is 0.407. The third-order valence-electron chi connectivity index (χ3n) is 3.04. The fraction of sp³-hybridized carbons (Fsp3) is 0.583.